The standard InChI is InChI=1S/C19H27N3OS/c1-13-5-6-17-15(10-13)16-12-21(2)8-7-18(16)22(17)19(24)20-11-14-4-3-9-23-14/h5-6,10,14,16,18H,3-4,7-9,11-12H2,1-2H3,(H,20,24)/p+1/t14-,16-,18+/m0/s1. The van der Waals surface area contributed by atoms with E-state index < -0.39 is 0 Å². The third kappa shape index (κ3) is 2.93. The lowest BCUT2D eigenvalue weighted by Crippen LogP contribution is -3.11. The molecule has 3 heterocycles. The van der Waals surface area contributed by atoms with Crippen LogP contribution in [0.25, 0.3) is 0 Å². The Hall–Kier alpha value is -1.17. The number of nitrogens with zero attached hydrogens (tertiary/aromatic N) is 1. The van der Waals surface area contributed by atoms with E-state index in [-0.39, 0.29) is 0 Å². The van der Waals surface area contributed by atoms with Crippen LogP contribution in [0.3, 0.4) is 0 Å². The minimum absolute atomic E-state index is 0.320. The predicted molar refractivity (Wildman–Crippen MR) is 101 cm³/mol. The maximum atomic E-state index is 5.81. The predicted octanol–water partition coefficient (Wildman–Crippen LogP) is 1.24. The summed E-state index contributed by atoms with van der Waals surface area (Å²) in [6, 6.07) is 7.35. The van der Waals surface area contributed by atoms with Crippen molar-refractivity contribution in [2.45, 2.75) is 44.2 Å². The molecule has 0 saturated carbocycles. The van der Waals surface area contributed by atoms with E-state index in [1.54, 1.807) is 4.90 Å². The molecule has 3 aliphatic rings. The van der Waals surface area contributed by atoms with Gasteiger partial charge in [0.15, 0.2) is 5.11 Å². The summed E-state index contributed by atoms with van der Waals surface area (Å²) in [6.07, 6.45) is 3.84. The van der Waals surface area contributed by atoms with Crippen LogP contribution in [-0.4, -0.2) is 50.5 Å². The SMILES string of the molecule is Cc1ccc2c(c1)[C@@H]1C[NH+](C)CC[C@H]1N2C(=S)NC[C@@H]1CCCO1. The van der Waals surface area contributed by atoms with Crippen LogP contribution in [0.4, 0.5) is 5.69 Å². The summed E-state index contributed by atoms with van der Waals surface area (Å²) in [5, 5.41) is 4.37. The third-order valence-electron chi connectivity index (χ3n) is 5.80. The van der Waals surface area contributed by atoms with Crippen LogP contribution in [0.15, 0.2) is 18.2 Å². The minimum Gasteiger partial charge on any atom is -0.376 e. The molecule has 4 rings (SSSR count). The Balaban J connectivity index is 1.56. The highest BCUT2D eigenvalue weighted by atomic mass is 32.1. The maximum Gasteiger partial charge on any atom is 0.173 e. The van der Waals surface area contributed by atoms with Crippen molar-refractivity contribution in [3.63, 3.8) is 0 Å². The van der Waals surface area contributed by atoms with Crippen LogP contribution >= 0.6 is 12.2 Å². The van der Waals surface area contributed by atoms with Crippen molar-refractivity contribution in [3.8, 4) is 0 Å². The third-order valence-corrected chi connectivity index (χ3v) is 6.14. The highest BCUT2D eigenvalue weighted by Crippen LogP contribution is 2.43. The molecule has 0 amide bonds. The number of likely N-dealkylation sites (N-methyl/N-ethyl adjacent to an activating group) is 1. The zero-order valence-electron chi connectivity index (χ0n) is 14.7. The molecule has 130 valence electrons. The van der Waals surface area contributed by atoms with E-state index in [0.717, 1.165) is 24.7 Å². The van der Waals surface area contributed by atoms with E-state index in [1.165, 1.54) is 42.7 Å². The van der Waals surface area contributed by atoms with Gasteiger partial charge < -0.3 is 19.9 Å². The number of piperidine rings is 1. The monoisotopic (exact) mass is 346 g/mol. The Labute approximate surface area is 150 Å². The van der Waals surface area contributed by atoms with E-state index in [2.05, 4.69) is 42.4 Å². The van der Waals surface area contributed by atoms with Crippen LogP contribution in [0.2, 0.25) is 0 Å². The fraction of sp³-hybridized carbons (Fsp3) is 0.632. The lowest BCUT2D eigenvalue weighted by Gasteiger charge is -2.35. The number of hydrogen-bond acceptors (Lipinski definition) is 2. The van der Waals surface area contributed by atoms with Crippen LogP contribution in [0.1, 0.15) is 36.3 Å². The number of benzene rings is 1. The molecule has 0 aliphatic carbocycles. The number of aryl methyl sites for hydroxylation is 1. The van der Waals surface area contributed by atoms with Gasteiger partial charge in [-0.2, -0.15) is 0 Å². The van der Waals surface area contributed by atoms with Gasteiger partial charge >= 0.3 is 0 Å². The van der Waals surface area contributed by atoms with Gasteiger partial charge in [-0.3, -0.25) is 0 Å². The Bertz CT molecular complexity index is 629. The number of anilines is 1. The van der Waals surface area contributed by atoms with Gasteiger partial charge in [-0.25, -0.2) is 0 Å². The highest BCUT2D eigenvalue weighted by Gasteiger charge is 2.44. The summed E-state index contributed by atoms with van der Waals surface area (Å²) < 4.78 is 5.73. The molecule has 24 heavy (non-hydrogen) atoms. The van der Waals surface area contributed by atoms with Gasteiger partial charge in [-0.1, -0.05) is 17.7 Å². The smallest absolute Gasteiger partial charge is 0.173 e. The molecule has 1 aromatic rings. The van der Waals surface area contributed by atoms with Gasteiger partial charge in [-0.15, -0.1) is 0 Å². The van der Waals surface area contributed by atoms with E-state index in [4.69, 9.17) is 17.0 Å². The number of thiocarbonyl (C=S) groups is 1. The number of fused-ring (bicyclic) bond motifs is 3. The molecule has 2 saturated heterocycles. The Morgan fingerprint density at radius 1 is 1.42 bits per heavy atom. The second kappa shape index (κ2) is 6.62. The Morgan fingerprint density at radius 3 is 3.08 bits per heavy atom. The fourth-order valence-corrected chi connectivity index (χ4v) is 4.87. The largest absolute Gasteiger partial charge is 0.376 e. The van der Waals surface area contributed by atoms with Crippen LogP contribution in [0.5, 0.6) is 0 Å². The van der Waals surface area contributed by atoms with E-state index in [9.17, 15) is 0 Å². The van der Waals surface area contributed by atoms with Gasteiger partial charge in [-0.05, 0) is 43.6 Å². The maximum absolute atomic E-state index is 5.81. The summed E-state index contributed by atoms with van der Waals surface area (Å²) in [6.45, 7) is 6.33. The first-order valence-electron chi connectivity index (χ1n) is 9.24. The first-order valence-corrected chi connectivity index (χ1v) is 9.65. The topological polar surface area (TPSA) is 28.9 Å². The molecule has 4 nitrogen and oxygen atoms in total. The van der Waals surface area contributed by atoms with Crippen LogP contribution < -0.4 is 15.1 Å². The number of nitrogens with one attached hydrogen (secondary N) is 2. The first-order chi connectivity index (χ1) is 11.6. The van der Waals surface area contributed by atoms with Crippen molar-refractivity contribution >= 4 is 23.0 Å². The zero-order valence-corrected chi connectivity index (χ0v) is 15.5. The van der Waals surface area contributed by atoms with Crippen LogP contribution in [-0.2, 0) is 4.74 Å². The molecule has 0 spiro atoms. The van der Waals surface area contributed by atoms with Crippen molar-refractivity contribution in [2.75, 3.05) is 38.2 Å². The quantitative estimate of drug-likeness (QED) is 0.789. The highest BCUT2D eigenvalue weighted by molar-refractivity contribution is 7.80. The van der Waals surface area contributed by atoms with Gasteiger partial charge in [0, 0.05) is 25.3 Å². The molecule has 4 atom stereocenters. The Kier molecular flexibility index (Phi) is 4.50. The molecule has 1 aromatic carbocycles. The van der Waals surface area contributed by atoms with E-state index >= 15 is 0 Å². The molecule has 5 heteroatoms. The number of quaternary nitrogens is 1. The van der Waals surface area contributed by atoms with Gasteiger partial charge in [0.05, 0.1) is 38.2 Å². The average Bonchev–Trinajstić information content (AvgIpc) is 3.18. The molecule has 2 fully saturated rings. The summed E-state index contributed by atoms with van der Waals surface area (Å²) >= 11 is 5.81. The molecular weight excluding hydrogens is 318 g/mol. The van der Waals surface area contributed by atoms with Gasteiger partial charge in [0.2, 0.25) is 0 Å². The van der Waals surface area contributed by atoms with Crippen molar-refractivity contribution < 1.29 is 9.64 Å². The first kappa shape index (κ1) is 16.3. The molecule has 0 radical (unpaired) electrons. The molecule has 3 aliphatic heterocycles. The number of rotatable bonds is 2. The average molecular weight is 347 g/mol. The molecule has 0 aromatic heterocycles. The van der Waals surface area contributed by atoms with Gasteiger partial charge in [0.25, 0.3) is 0 Å². The molecule has 2 N–H and O–H groups in total. The number of hydrogen-bond donors (Lipinski definition) is 2. The minimum atomic E-state index is 0.320. The molecule has 0 bridgehead atoms. The fourth-order valence-electron chi connectivity index (χ4n) is 4.56. The van der Waals surface area contributed by atoms with Crippen LogP contribution in [0, 0.1) is 6.92 Å². The summed E-state index contributed by atoms with van der Waals surface area (Å²) in [5.74, 6) is 0.594. The molecule has 1 unspecified atom stereocenters. The van der Waals surface area contributed by atoms with E-state index in [0.29, 0.717) is 18.1 Å². The summed E-state index contributed by atoms with van der Waals surface area (Å²) in [5.41, 5.74) is 4.14. The lowest BCUT2D eigenvalue weighted by molar-refractivity contribution is -0.886. The second-order valence-corrected chi connectivity index (χ2v) is 8.01. The normalized spacial score (nSPS) is 31.7. The summed E-state index contributed by atoms with van der Waals surface area (Å²) in [4.78, 5) is 4.03. The van der Waals surface area contributed by atoms with Gasteiger partial charge in [0.1, 0.15) is 0 Å². The Morgan fingerprint density at radius 2 is 2.29 bits per heavy atom. The number of likely N-dealkylation sites (tertiary alicyclic amines) is 1. The number of ether oxygens (including phenoxy) is 1. The zero-order chi connectivity index (χ0) is 16.7. The lowest BCUT2D eigenvalue weighted by atomic mass is 9.89. The van der Waals surface area contributed by atoms with E-state index in [1.807, 2.05) is 0 Å². The van der Waals surface area contributed by atoms with Crippen molar-refractivity contribution in [1.82, 2.24) is 5.32 Å². The second-order valence-electron chi connectivity index (χ2n) is 7.63. The van der Waals surface area contributed by atoms with Crippen molar-refractivity contribution in [2.24, 2.45) is 0 Å². The van der Waals surface area contributed by atoms with Crippen molar-refractivity contribution in [1.29, 1.82) is 0 Å². The van der Waals surface area contributed by atoms with Crippen molar-refractivity contribution in [3.05, 3.63) is 29.3 Å². The summed E-state index contributed by atoms with van der Waals surface area (Å²) in [7, 11) is 2.31. The molecular formula is C19H28N3OS+.